The van der Waals surface area contributed by atoms with Crippen LogP contribution in [0.3, 0.4) is 0 Å². The molecule has 3 aromatic rings. The molecule has 7 heteroatoms. The van der Waals surface area contributed by atoms with Crippen LogP contribution in [-0.4, -0.2) is 25.7 Å². The second-order valence-corrected chi connectivity index (χ2v) is 6.58. The largest absolute Gasteiger partial charge is 0.383 e. The van der Waals surface area contributed by atoms with Gasteiger partial charge in [0.15, 0.2) is 11.5 Å². The first-order valence-electron chi connectivity index (χ1n) is 8.12. The van der Waals surface area contributed by atoms with Gasteiger partial charge < -0.3 is 10.3 Å². The van der Waals surface area contributed by atoms with Gasteiger partial charge in [0, 0.05) is 18.2 Å². The lowest BCUT2D eigenvalue weighted by atomic mass is 10.0. The molecule has 0 aromatic carbocycles. The Kier molecular flexibility index (Phi) is 3.19. The Bertz CT molecular complexity index is 949. The number of carbonyl (C=O) groups excluding carboxylic acids is 1. The normalized spacial score (nSPS) is 14.7. The molecule has 7 nitrogen and oxygen atoms in total. The van der Waals surface area contributed by atoms with Crippen molar-refractivity contribution in [3.63, 3.8) is 0 Å². The van der Waals surface area contributed by atoms with Gasteiger partial charge in [0.2, 0.25) is 0 Å². The predicted octanol–water partition coefficient (Wildman–Crippen LogP) is 3.33. The molecule has 0 bridgehead atoms. The molecular weight excluding hydrogens is 306 g/mol. The summed E-state index contributed by atoms with van der Waals surface area (Å²) >= 11 is 0. The minimum atomic E-state index is -0.0668. The zero-order chi connectivity index (χ0) is 17.0. The summed E-state index contributed by atoms with van der Waals surface area (Å²) in [5.41, 5.74) is 8.53. The average Bonchev–Trinajstić information content (AvgIpc) is 3.14. The lowest BCUT2D eigenvalue weighted by Crippen LogP contribution is -2.03. The number of nitrogen functional groups attached to an aromatic ring is 1. The Morgan fingerprint density at radius 3 is 2.75 bits per heavy atom. The Morgan fingerprint density at radius 2 is 2.12 bits per heavy atom. The fourth-order valence-corrected chi connectivity index (χ4v) is 3.10. The van der Waals surface area contributed by atoms with Crippen LogP contribution in [0.5, 0.6) is 0 Å². The van der Waals surface area contributed by atoms with E-state index in [9.17, 15) is 4.79 Å². The van der Waals surface area contributed by atoms with Crippen LogP contribution in [0, 0.1) is 0 Å². The Morgan fingerprint density at radius 1 is 1.38 bits per heavy atom. The van der Waals surface area contributed by atoms with Gasteiger partial charge in [0.1, 0.15) is 17.2 Å². The van der Waals surface area contributed by atoms with Crippen molar-refractivity contribution in [3.8, 4) is 11.4 Å². The highest BCUT2D eigenvalue weighted by Crippen LogP contribution is 2.45. The molecule has 0 radical (unpaired) electrons. The molecule has 0 amide bonds. The average molecular weight is 325 g/mol. The lowest BCUT2D eigenvalue weighted by Gasteiger charge is -2.06. The molecule has 124 valence electrons. The number of Topliss-reactive ketones (excluding diaryl/α,β-unsaturated/α-hetero) is 1. The van der Waals surface area contributed by atoms with Gasteiger partial charge in [-0.1, -0.05) is 5.16 Å². The highest BCUT2D eigenvalue weighted by atomic mass is 16.5. The van der Waals surface area contributed by atoms with E-state index in [0.29, 0.717) is 39.8 Å². The van der Waals surface area contributed by atoms with Crippen LogP contribution in [0.15, 0.2) is 16.8 Å². The monoisotopic (exact) mass is 325 g/mol. The Hall–Kier alpha value is -2.70. The smallest absolute Gasteiger partial charge is 0.165 e. The number of aromatic nitrogens is 4. The maximum absolute atomic E-state index is 12.2. The molecule has 0 unspecified atom stereocenters. The van der Waals surface area contributed by atoms with Crippen molar-refractivity contribution in [2.75, 3.05) is 5.73 Å². The number of ketones is 1. The number of hydrogen-bond acceptors (Lipinski definition) is 6. The van der Waals surface area contributed by atoms with Crippen LogP contribution >= 0.6 is 0 Å². The van der Waals surface area contributed by atoms with Gasteiger partial charge in [0.05, 0.1) is 16.5 Å². The van der Waals surface area contributed by atoms with E-state index in [4.69, 9.17) is 10.3 Å². The first kappa shape index (κ1) is 14.9. The van der Waals surface area contributed by atoms with Gasteiger partial charge in [-0.15, -0.1) is 0 Å². The molecular formula is C17H19N5O2. The van der Waals surface area contributed by atoms with Crippen molar-refractivity contribution in [2.45, 2.75) is 45.6 Å². The molecule has 2 N–H and O–H groups in total. The van der Waals surface area contributed by atoms with E-state index in [1.165, 1.54) is 6.92 Å². The third-order valence-electron chi connectivity index (χ3n) is 4.38. The fourth-order valence-electron chi connectivity index (χ4n) is 3.10. The van der Waals surface area contributed by atoms with Gasteiger partial charge in [0.25, 0.3) is 0 Å². The van der Waals surface area contributed by atoms with Crippen molar-refractivity contribution in [3.05, 3.63) is 23.6 Å². The van der Waals surface area contributed by atoms with E-state index in [0.717, 1.165) is 18.4 Å². The van der Waals surface area contributed by atoms with Gasteiger partial charge in [-0.2, -0.15) is 5.10 Å². The highest BCUT2D eigenvalue weighted by molar-refractivity contribution is 6.06. The highest BCUT2D eigenvalue weighted by Gasteiger charge is 2.35. The second-order valence-electron chi connectivity index (χ2n) is 6.58. The van der Waals surface area contributed by atoms with Gasteiger partial charge in [-0.05, 0) is 39.7 Å². The summed E-state index contributed by atoms with van der Waals surface area (Å²) in [6.45, 7) is 5.61. The summed E-state index contributed by atoms with van der Waals surface area (Å²) in [7, 11) is 0. The van der Waals surface area contributed by atoms with Crippen LogP contribution in [0.4, 0.5) is 5.82 Å². The van der Waals surface area contributed by atoms with Crippen molar-refractivity contribution >= 4 is 22.5 Å². The van der Waals surface area contributed by atoms with Crippen molar-refractivity contribution in [2.24, 2.45) is 0 Å². The molecule has 1 fully saturated rings. The number of anilines is 1. The quantitative estimate of drug-likeness (QED) is 0.738. The van der Waals surface area contributed by atoms with Crippen molar-refractivity contribution < 1.29 is 9.32 Å². The van der Waals surface area contributed by atoms with Crippen LogP contribution < -0.4 is 5.73 Å². The summed E-state index contributed by atoms with van der Waals surface area (Å²) in [4.78, 5) is 16.4. The molecule has 1 aliphatic carbocycles. The van der Waals surface area contributed by atoms with Crippen molar-refractivity contribution in [1.82, 2.24) is 19.9 Å². The number of nitrogens with two attached hydrogens (primary N) is 1. The molecule has 0 spiro atoms. The summed E-state index contributed by atoms with van der Waals surface area (Å²) in [6.07, 6.45) is 3.71. The topological polar surface area (TPSA) is 99.8 Å². The van der Waals surface area contributed by atoms with Crippen molar-refractivity contribution in [1.29, 1.82) is 0 Å². The molecule has 1 saturated carbocycles. The molecule has 1 aliphatic rings. The molecule has 0 atom stereocenters. The minimum Gasteiger partial charge on any atom is -0.383 e. The molecule has 0 saturated heterocycles. The number of rotatable bonds is 4. The maximum Gasteiger partial charge on any atom is 0.165 e. The first-order valence-corrected chi connectivity index (χ1v) is 8.12. The van der Waals surface area contributed by atoms with E-state index in [2.05, 4.69) is 15.2 Å². The number of pyridine rings is 1. The summed E-state index contributed by atoms with van der Waals surface area (Å²) in [6, 6.07) is 2.01. The van der Waals surface area contributed by atoms with E-state index in [1.54, 1.807) is 6.20 Å². The summed E-state index contributed by atoms with van der Waals surface area (Å²) in [5.74, 6) is 1.27. The van der Waals surface area contributed by atoms with Crippen LogP contribution in [0.1, 0.15) is 61.7 Å². The summed E-state index contributed by atoms with van der Waals surface area (Å²) < 4.78 is 7.39. The minimum absolute atomic E-state index is 0.0668. The molecule has 24 heavy (non-hydrogen) atoms. The predicted molar refractivity (Wildman–Crippen MR) is 89.8 cm³/mol. The third kappa shape index (κ3) is 2.11. The Labute approximate surface area is 138 Å². The standard InChI is InChI=1S/C17H19N5O2/c1-8(2)22-11-6-7-19-17(18)13(11)14(20-22)15-12(9(3)23)16(24-21-15)10-4-5-10/h6-8,10H,4-5H2,1-3H3,(H2,18,19). The van der Waals surface area contributed by atoms with Crippen LogP contribution in [0.25, 0.3) is 22.3 Å². The summed E-state index contributed by atoms with van der Waals surface area (Å²) in [5, 5.41) is 9.57. The molecule has 3 heterocycles. The van der Waals surface area contributed by atoms with Crippen LogP contribution in [0.2, 0.25) is 0 Å². The number of nitrogens with zero attached hydrogens (tertiary/aromatic N) is 4. The SMILES string of the molecule is CC(=O)c1c(-c2nn(C(C)C)c3ccnc(N)c23)noc1C1CC1. The molecule has 0 aliphatic heterocycles. The van der Waals surface area contributed by atoms with E-state index in [-0.39, 0.29) is 11.8 Å². The van der Waals surface area contributed by atoms with Gasteiger partial charge >= 0.3 is 0 Å². The Balaban J connectivity index is 2.03. The lowest BCUT2D eigenvalue weighted by molar-refractivity contribution is 0.101. The number of carbonyl (C=O) groups is 1. The van der Waals surface area contributed by atoms with Gasteiger partial charge in [-0.25, -0.2) is 4.98 Å². The zero-order valence-electron chi connectivity index (χ0n) is 13.9. The van der Waals surface area contributed by atoms with E-state index in [1.807, 2.05) is 24.6 Å². The number of hydrogen-bond donors (Lipinski definition) is 1. The van der Waals surface area contributed by atoms with E-state index >= 15 is 0 Å². The fraction of sp³-hybridized carbons (Fsp3) is 0.412. The second kappa shape index (κ2) is 5.15. The van der Waals surface area contributed by atoms with E-state index < -0.39 is 0 Å². The third-order valence-corrected chi connectivity index (χ3v) is 4.38. The van der Waals surface area contributed by atoms with Crippen LogP contribution in [-0.2, 0) is 0 Å². The molecule has 4 rings (SSSR count). The first-order chi connectivity index (χ1) is 11.5. The number of fused-ring (bicyclic) bond motifs is 1. The zero-order valence-corrected chi connectivity index (χ0v) is 13.9. The maximum atomic E-state index is 12.2. The molecule has 3 aromatic heterocycles. The van der Waals surface area contributed by atoms with Gasteiger partial charge in [-0.3, -0.25) is 9.48 Å².